The molecule has 3 rings (SSSR count). The molecule has 6 nitrogen and oxygen atoms in total. The van der Waals surface area contributed by atoms with Crippen molar-refractivity contribution in [3.8, 4) is 17.3 Å². The summed E-state index contributed by atoms with van der Waals surface area (Å²) in [5.41, 5.74) is 2.81. The number of nitrogens with zero attached hydrogens (tertiary/aromatic N) is 2. The third kappa shape index (κ3) is 4.15. The minimum Gasteiger partial charge on any atom is -0.360 e. The van der Waals surface area contributed by atoms with Gasteiger partial charge in [0, 0.05) is 22.8 Å². The maximum Gasteiger partial charge on any atom is 0.238 e. The predicted octanol–water partition coefficient (Wildman–Crippen LogP) is 3.43. The highest BCUT2D eigenvalue weighted by molar-refractivity contribution is 7.89. The van der Waals surface area contributed by atoms with E-state index in [2.05, 4.69) is 16.4 Å². The molecule has 130 valence electrons. The molecule has 0 fully saturated rings. The van der Waals surface area contributed by atoms with Crippen molar-refractivity contribution in [2.75, 3.05) is 5.32 Å². The molecule has 1 aromatic heterocycles. The monoisotopic (exact) mass is 382 g/mol. The van der Waals surface area contributed by atoms with Crippen LogP contribution in [0.25, 0.3) is 16.8 Å². The first-order valence-corrected chi connectivity index (χ1v) is 9.91. The Balaban J connectivity index is 1.79. The van der Waals surface area contributed by atoms with Gasteiger partial charge in [-0.1, -0.05) is 30.3 Å². The van der Waals surface area contributed by atoms with Gasteiger partial charge in [-0.2, -0.15) is 5.26 Å². The van der Waals surface area contributed by atoms with Gasteiger partial charge < -0.3 is 5.32 Å². The molecule has 3 aromatic rings. The van der Waals surface area contributed by atoms with Gasteiger partial charge in [0.25, 0.3) is 0 Å². The summed E-state index contributed by atoms with van der Waals surface area (Å²) in [4.78, 5) is 4.53. The van der Waals surface area contributed by atoms with Crippen LogP contribution in [0.1, 0.15) is 5.01 Å². The summed E-state index contributed by atoms with van der Waals surface area (Å²) in [6, 6.07) is 17.8. The summed E-state index contributed by atoms with van der Waals surface area (Å²) in [5, 5.41) is 19.9. The lowest BCUT2D eigenvalue weighted by molar-refractivity contribution is 0.598. The van der Waals surface area contributed by atoms with Crippen molar-refractivity contribution in [1.82, 2.24) is 4.98 Å². The molecule has 2 aromatic carbocycles. The highest BCUT2D eigenvalue weighted by Crippen LogP contribution is 2.26. The summed E-state index contributed by atoms with van der Waals surface area (Å²) >= 11 is 1.38. The lowest BCUT2D eigenvalue weighted by atomic mass is 10.2. The Bertz CT molecular complexity index is 1080. The van der Waals surface area contributed by atoms with Crippen LogP contribution >= 0.6 is 11.3 Å². The van der Waals surface area contributed by atoms with Gasteiger partial charge in [-0.05, 0) is 24.3 Å². The summed E-state index contributed by atoms with van der Waals surface area (Å²) in [5.74, 6) is 0. The number of hydrogen-bond acceptors (Lipinski definition) is 6. The SMILES string of the molecule is N#C/C(=C\Nc1ccc(S(N)(=O)=O)cc1)c1nc(-c2ccccc2)cs1. The minimum absolute atomic E-state index is 0.0277. The fraction of sp³-hybridized carbons (Fsp3) is 0. The minimum atomic E-state index is -3.73. The molecule has 0 spiro atoms. The molecule has 0 saturated carbocycles. The average Bonchev–Trinajstić information content (AvgIpc) is 3.13. The number of primary sulfonamides is 1. The number of nitrogens with two attached hydrogens (primary N) is 1. The van der Waals surface area contributed by atoms with E-state index in [1.807, 2.05) is 35.7 Å². The second-order valence-corrected chi connectivity index (χ2v) is 7.71. The third-order valence-electron chi connectivity index (χ3n) is 3.49. The average molecular weight is 382 g/mol. The maximum atomic E-state index is 11.3. The van der Waals surface area contributed by atoms with Crippen LogP contribution in [0, 0.1) is 11.3 Å². The second-order valence-electron chi connectivity index (χ2n) is 5.29. The summed E-state index contributed by atoms with van der Waals surface area (Å²) in [6.07, 6.45) is 1.54. The first kappa shape index (κ1) is 17.8. The Morgan fingerprint density at radius 3 is 2.46 bits per heavy atom. The summed E-state index contributed by atoms with van der Waals surface area (Å²) in [6.45, 7) is 0. The number of sulfonamides is 1. The zero-order chi connectivity index (χ0) is 18.6. The number of rotatable bonds is 5. The van der Waals surface area contributed by atoms with E-state index in [1.54, 1.807) is 18.3 Å². The zero-order valence-electron chi connectivity index (χ0n) is 13.5. The van der Waals surface area contributed by atoms with E-state index in [4.69, 9.17) is 5.14 Å². The molecule has 3 N–H and O–H groups in total. The van der Waals surface area contributed by atoms with Crippen molar-refractivity contribution in [1.29, 1.82) is 5.26 Å². The van der Waals surface area contributed by atoms with E-state index >= 15 is 0 Å². The Morgan fingerprint density at radius 1 is 1.15 bits per heavy atom. The standard InChI is InChI=1S/C18H14N4O2S2/c19-10-14(11-21-15-6-8-16(9-7-15)26(20,23)24)18-22-17(12-25-18)13-4-2-1-3-5-13/h1-9,11-12,21H,(H2,20,23,24)/b14-11+. The van der Waals surface area contributed by atoms with E-state index in [9.17, 15) is 13.7 Å². The van der Waals surface area contributed by atoms with Gasteiger partial charge in [0.05, 0.1) is 10.6 Å². The smallest absolute Gasteiger partial charge is 0.238 e. The molecule has 0 saturated heterocycles. The lowest BCUT2D eigenvalue weighted by Gasteiger charge is -2.03. The van der Waals surface area contributed by atoms with Gasteiger partial charge in [-0.3, -0.25) is 0 Å². The number of nitriles is 1. The molecule has 1 heterocycles. The van der Waals surface area contributed by atoms with E-state index in [0.717, 1.165) is 11.3 Å². The van der Waals surface area contributed by atoms with Crippen LogP contribution in [0.4, 0.5) is 5.69 Å². The number of aromatic nitrogens is 1. The number of thiazole rings is 1. The predicted molar refractivity (Wildman–Crippen MR) is 103 cm³/mol. The quantitative estimate of drug-likeness (QED) is 0.657. The molecular weight excluding hydrogens is 368 g/mol. The normalized spacial score (nSPS) is 11.8. The number of hydrogen-bond donors (Lipinski definition) is 2. The van der Waals surface area contributed by atoms with Crippen molar-refractivity contribution in [3.63, 3.8) is 0 Å². The number of allylic oxidation sites excluding steroid dienone is 1. The van der Waals surface area contributed by atoms with Crippen LogP contribution in [0.2, 0.25) is 0 Å². The first-order valence-electron chi connectivity index (χ1n) is 7.48. The Labute approximate surface area is 155 Å². The molecule has 0 amide bonds. The van der Waals surface area contributed by atoms with Crippen LogP contribution in [0.5, 0.6) is 0 Å². The Hall–Kier alpha value is -2.99. The Kier molecular flexibility index (Phi) is 5.14. The molecular formula is C18H14N4O2S2. The van der Waals surface area contributed by atoms with Gasteiger partial charge in [-0.15, -0.1) is 11.3 Å². The zero-order valence-corrected chi connectivity index (χ0v) is 15.1. The first-order chi connectivity index (χ1) is 12.5. The molecule has 0 aliphatic heterocycles. The third-order valence-corrected chi connectivity index (χ3v) is 5.30. The molecule has 0 aliphatic carbocycles. The van der Waals surface area contributed by atoms with Crippen LogP contribution in [-0.2, 0) is 10.0 Å². The van der Waals surface area contributed by atoms with Crippen molar-refractivity contribution in [2.45, 2.75) is 4.90 Å². The van der Waals surface area contributed by atoms with Crippen LogP contribution in [0.15, 0.2) is 71.1 Å². The molecule has 0 radical (unpaired) electrons. The van der Waals surface area contributed by atoms with Gasteiger partial charge in [0.15, 0.2) is 0 Å². The summed E-state index contributed by atoms with van der Waals surface area (Å²) in [7, 11) is -3.73. The van der Waals surface area contributed by atoms with E-state index < -0.39 is 10.0 Å². The van der Waals surface area contributed by atoms with Gasteiger partial charge in [0.2, 0.25) is 10.0 Å². The highest BCUT2D eigenvalue weighted by atomic mass is 32.2. The molecule has 0 aliphatic rings. The highest BCUT2D eigenvalue weighted by Gasteiger charge is 2.09. The number of nitrogens with one attached hydrogen (secondary N) is 1. The van der Waals surface area contributed by atoms with E-state index in [0.29, 0.717) is 16.3 Å². The van der Waals surface area contributed by atoms with Gasteiger partial charge in [0.1, 0.15) is 16.6 Å². The Morgan fingerprint density at radius 2 is 1.85 bits per heavy atom. The second kappa shape index (κ2) is 7.49. The van der Waals surface area contributed by atoms with Crippen molar-refractivity contribution in [3.05, 3.63) is 71.2 Å². The topological polar surface area (TPSA) is 109 Å². The van der Waals surface area contributed by atoms with Gasteiger partial charge in [-0.25, -0.2) is 18.5 Å². The molecule has 0 bridgehead atoms. The lowest BCUT2D eigenvalue weighted by Crippen LogP contribution is -2.11. The number of benzene rings is 2. The van der Waals surface area contributed by atoms with Gasteiger partial charge >= 0.3 is 0 Å². The fourth-order valence-electron chi connectivity index (χ4n) is 2.18. The molecule has 8 heteroatoms. The summed E-state index contributed by atoms with van der Waals surface area (Å²) < 4.78 is 22.5. The fourth-order valence-corrected chi connectivity index (χ4v) is 3.49. The maximum absolute atomic E-state index is 11.3. The largest absolute Gasteiger partial charge is 0.360 e. The van der Waals surface area contributed by atoms with Crippen LogP contribution in [-0.4, -0.2) is 13.4 Å². The van der Waals surface area contributed by atoms with Crippen molar-refractivity contribution >= 4 is 32.6 Å². The molecule has 26 heavy (non-hydrogen) atoms. The molecule has 0 atom stereocenters. The van der Waals surface area contributed by atoms with E-state index in [1.165, 1.54) is 23.5 Å². The van der Waals surface area contributed by atoms with Crippen molar-refractivity contribution < 1.29 is 8.42 Å². The van der Waals surface area contributed by atoms with Crippen molar-refractivity contribution in [2.24, 2.45) is 5.14 Å². The number of anilines is 1. The molecule has 0 unspecified atom stereocenters. The van der Waals surface area contributed by atoms with E-state index in [-0.39, 0.29) is 4.90 Å². The van der Waals surface area contributed by atoms with Crippen LogP contribution < -0.4 is 10.5 Å². The van der Waals surface area contributed by atoms with Crippen LogP contribution in [0.3, 0.4) is 0 Å².